The Hall–Kier alpha value is -4.04. The van der Waals surface area contributed by atoms with Gasteiger partial charge in [-0.2, -0.15) is 0 Å². The third kappa shape index (κ3) is 3.72. The van der Waals surface area contributed by atoms with Crippen LogP contribution in [-0.2, 0) is 9.59 Å². The van der Waals surface area contributed by atoms with Gasteiger partial charge in [0.25, 0.3) is 5.78 Å². The van der Waals surface area contributed by atoms with Crippen molar-refractivity contribution in [2.75, 3.05) is 11.5 Å². The first-order valence-electron chi connectivity index (χ1n) is 10.6. The lowest BCUT2D eigenvalue weighted by Crippen LogP contribution is -2.29. The van der Waals surface area contributed by atoms with Crippen LogP contribution in [0.2, 0.25) is 0 Å². The van der Waals surface area contributed by atoms with Gasteiger partial charge in [-0.05, 0) is 42.8 Å². The second kappa shape index (κ2) is 8.72. The monoisotopic (exact) mass is 474 g/mol. The zero-order valence-corrected chi connectivity index (χ0v) is 18.9. The van der Waals surface area contributed by atoms with Gasteiger partial charge in [0.2, 0.25) is 0 Å². The normalized spacial score (nSPS) is 17.5. The van der Waals surface area contributed by atoms with E-state index >= 15 is 0 Å². The number of ketones is 1. The van der Waals surface area contributed by atoms with E-state index in [0.29, 0.717) is 34.1 Å². The first kappa shape index (κ1) is 21.8. The number of fused-ring (bicyclic) bond motifs is 1. The van der Waals surface area contributed by atoms with Crippen LogP contribution in [0.1, 0.15) is 24.1 Å². The number of anilines is 1. The molecule has 34 heavy (non-hydrogen) atoms. The van der Waals surface area contributed by atoms with Gasteiger partial charge in [-0.1, -0.05) is 53.8 Å². The number of halogens is 1. The van der Waals surface area contributed by atoms with Crippen LogP contribution in [0.15, 0.2) is 78.4 Å². The number of hydrogen-bond acceptors (Lipinski definition) is 6. The van der Waals surface area contributed by atoms with E-state index < -0.39 is 23.5 Å². The van der Waals surface area contributed by atoms with Crippen LogP contribution >= 0.6 is 11.3 Å². The number of amides is 1. The van der Waals surface area contributed by atoms with Gasteiger partial charge < -0.3 is 9.84 Å². The van der Waals surface area contributed by atoms with Crippen molar-refractivity contribution in [3.05, 3.63) is 95.3 Å². The summed E-state index contributed by atoms with van der Waals surface area (Å²) in [6.45, 7) is 2.40. The number of aliphatic hydroxyl groups excluding tert-OH is 1. The lowest BCUT2D eigenvalue weighted by molar-refractivity contribution is -0.132. The fraction of sp³-hybridized carbons (Fsp3) is 0.115. The SMILES string of the molecule is CCOc1ccc2nc(N3C(=O)C(=O)/C(=C(/O)c4ccccc4)C3c3ccc(F)cc3)sc2c1. The maximum absolute atomic E-state index is 13.7. The van der Waals surface area contributed by atoms with Crippen LogP contribution < -0.4 is 9.64 Å². The van der Waals surface area contributed by atoms with Gasteiger partial charge in [0, 0.05) is 5.56 Å². The zero-order chi connectivity index (χ0) is 23.8. The smallest absolute Gasteiger partial charge is 0.301 e. The van der Waals surface area contributed by atoms with Crippen LogP contribution in [0, 0.1) is 5.82 Å². The van der Waals surface area contributed by atoms with Crippen molar-refractivity contribution >= 4 is 44.1 Å². The molecule has 6 nitrogen and oxygen atoms in total. The maximum Gasteiger partial charge on any atom is 0.301 e. The highest BCUT2D eigenvalue weighted by Crippen LogP contribution is 2.44. The number of aromatic nitrogens is 1. The Kier molecular flexibility index (Phi) is 5.59. The molecule has 4 aromatic rings. The minimum atomic E-state index is -0.965. The van der Waals surface area contributed by atoms with Gasteiger partial charge in [-0.15, -0.1) is 0 Å². The van der Waals surface area contributed by atoms with Gasteiger partial charge in [-0.3, -0.25) is 14.5 Å². The first-order chi connectivity index (χ1) is 16.5. The molecule has 5 rings (SSSR count). The zero-order valence-electron chi connectivity index (χ0n) is 18.1. The van der Waals surface area contributed by atoms with Crippen molar-refractivity contribution in [2.24, 2.45) is 0 Å². The Balaban J connectivity index is 1.69. The molecule has 3 aromatic carbocycles. The lowest BCUT2D eigenvalue weighted by Gasteiger charge is -2.22. The van der Waals surface area contributed by atoms with Crippen molar-refractivity contribution in [2.45, 2.75) is 13.0 Å². The highest BCUT2D eigenvalue weighted by molar-refractivity contribution is 7.22. The second-order valence-corrected chi connectivity index (χ2v) is 8.65. The predicted octanol–water partition coefficient (Wildman–Crippen LogP) is 5.46. The average molecular weight is 475 g/mol. The molecule has 0 saturated carbocycles. The number of Topliss-reactive ketones (excluding diaryl/α,β-unsaturated/α-hetero) is 1. The molecule has 0 spiro atoms. The highest BCUT2D eigenvalue weighted by atomic mass is 32.1. The highest BCUT2D eigenvalue weighted by Gasteiger charge is 2.48. The van der Waals surface area contributed by atoms with E-state index in [1.54, 1.807) is 42.5 Å². The summed E-state index contributed by atoms with van der Waals surface area (Å²) in [6, 6.07) is 18.5. The molecule has 1 fully saturated rings. The molecule has 170 valence electrons. The van der Waals surface area contributed by atoms with E-state index in [9.17, 15) is 19.1 Å². The van der Waals surface area contributed by atoms with Crippen molar-refractivity contribution in [1.82, 2.24) is 4.98 Å². The number of hydrogen-bond donors (Lipinski definition) is 1. The van der Waals surface area contributed by atoms with Gasteiger partial charge in [0.05, 0.1) is 28.4 Å². The van der Waals surface area contributed by atoms with Crippen LogP contribution in [0.3, 0.4) is 0 Å². The van der Waals surface area contributed by atoms with Crippen LogP contribution in [0.4, 0.5) is 9.52 Å². The van der Waals surface area contributed by atoms with Gasteiger partial charge in [0.1, 0.15) is 17.3 Å². The van der Waals surface area contributed by atoms with Gasteiger partial charge >= 0.3 is 5.91 Å². The number of carbonyl (C=O) groups is 2. The summed E-state index contributed by atoms with van der Waals surface area (Å²) in [5.41, 5.74) is 1.45. The average Bonchev–Trinajstić information content (AvgIpc) is 3.38. The van der Waals surface area contributed by atoms with Gasteiger partial charge in [0.15, 0.2) is 5.13 Å². The molecular weight excluding hydrogens is 455 g/mol. The predicted molar refractivity (Wildman–Crippen MR) is 128 cm³/mol. The number of benzene rings is 3. The molecule has 1 amide bonds. The van der Waals surface area contributed by atoms with Crippen LogP contribution in [0.5, 0.6) is 5.75 Å². The molecule has 0 aliphatic carbocycles. The Morgan fingerprint density at radius 1 is 1.09 bits per heavy atom. The molecule has 1 N–H and O–H groups in total. The summed E-state index contributed by atoms with van der Waals surface area (Å²) in [4.78, 5) is 32.3. The van der Waals surface area contributed by atoms with Crippen LogP contribution in [0.25, 0.3) is 16.0 Å². The summed E-state index contributed by atoms with van der Waals surface area (Å²) in [5.74, 6) is -1.71. The fourth-order valence-electron chi connectivity index (χ4n) is 3.99. The van der Waals surface area contributed by atoms with E-state index in [0.717, 1.165) is 4.70 Å². The van der Waals surface area contributed by atoms with E-state index in [1.807, 2.05) is 13.0 Å². The summed E-state index contributed by atoms with van der Waals surface area (Å²) >= 11 is 1.23. The standard InChI is InChI=1S/C26H19FN2O4S/c1-2-33-18-12-13-19-20(14-18)34-26(28-19)29-22(15-8-10-17(27)11-9-15)21(24(31)25(29)32)23(30)16-6-4-3-5-7-16/h3-14,22,30H,2H2,1H3/b23-21+. The summed E-state index contributed by atoms with van der Waals surface area (Å²) in [5, 5.41) is 11.4. The minimum absolute atomic E-state index is 0.0722. The number of ether oxygens (including phenoxy) is 1. The summed E-state index contributed by atoms with van der Waals surface area (Å²) in [7, 11) is 0. The molecule has 1 aliphatic heterocycles. The quantitative estimate of drug-likeness (QED) is 0.236. The third-order valence-corrected chi connectivity index (χ3v) is 6.56. The van der Waals surface area contributed by atoms with E-state index in [2.05, 4.69) is 4.98 Å². The molecule has 1 saturated heterocycles. The van der Waals surface area contributed by atoms with Crippen molar-refractivity contribution in [3.8, 4) is 5.75 Å². The molecular formula is C26H19FN2O4S. The molecule has 1 aromatic heterocycles. The van der Waals surface area contributed by atoms with Crippen molar-refractivity contribution < 1.29 is 23.8 Å². The van der Waals surface area contributed by atoms with Crippen molar-refractivity contribution in [3.63, 3.8) is 0 Å². The number of thiazole rings is 1. The number of aliphatic hydroxyl groups is 1. The summed E-state index contributed by atoms with van der Waals surface area (Å²) < 4.78 is 20.0. The molecule has 0 bridgehead atoms. The Morgan fingerprint density at radius 3 is 2.53 bits per heavy atom. The third-order valence-electron chi connectivity index (χ3n) is 5.54. The molecule has 1 aliphatic rings. The van der Waals surface area contributed by atoms with E-state index in [-0.39, 0.29) is 11.3 Å². The Morgan fingerprint density at radius 2 is 1.82 bits per heavy atom. The van der Waals surface area contributed by atoms with Gasteiger partial charge in [-0.25, -0.2) is 9.37 Å². The second-order valence-electron chi connectivity index (χ2n) is 7.65. The number of carbonyl (C=O) groups excluding carboxylic acids is 2. The molecule has 1 unspecified atom stereocenters. The fourth-order valence-corrected chi connectivity index (χ4v) is 5.01. The number of nitrogens with zero attached hydrogens (tertiary/aromatic N) is 2. The lowest BCUT2D eigenvalue weighted by atomic mass is 9.95. The van der Waals surface area contributed by atoms with E-state index in [1.165, 1.54) is 40.5 Å². The molecule has 2 heterocycles. The largest absolute Gasteiger partial charge is 0.507 e. The topological polar surface area (TPSA) is 79.7 Å². The Bertz CT molecular complexity index is 1430. The minimum Gasteiger partial charge on any atom is -0.507 e. The molecule has 0 radical (unpaired) electrons. The number of rotatable bonds is 5. The van der Waals surface area contributed by atoms with Crippen molar-refractivity contribution in [1.29, 1.82) is 0 Å². The van der Waals surface area contributed by atoms with Crippen LogP contribution in [-0.4, -0.2) is 28.4 Å². The maximum atomic E-state index is 13.7. The van der Waals surface area contributed by atoms with E-state index in [4.69, 9.17) is 4.74 Å². The first-order valence-corrected chi connectivity index (χ1v) is 11.4. The molecule has 8 heteroatoms. The molecule has 1 atom stereocenters. The summed E-state index contributed by atoms with van der Waals surface area (Å²) in [6.07, 6.45) is 0. The Labute approximate surface area is 198 Å².